The van der Waals surface area contributed by atoms with Gasteiger partial charge in [-0.3, -0.25) is 5.43 Å². The van der Waals surface area contributed by atoms with E-state index in [0.717, 1.165) is 24.0 Å². The Bertz CT molecular complexity index is 1220. The highest BCUT2D eigenvalue weighted by Gasteiger charge is 2.27. The largest absolute Gasteiger partial charge is 0.497 e. The lowest BCUT2D eigenvalue weighted by atomic mass is 10.2. The molecule has 1 aromatic heterocycles. The van der Waals surface area contributed by atoms with Crippen LogP contribution in [0, 0.1) is 0 Å². The van der Waals surface area contributed by atoms with Crippen molar-refractivity contribution < 1.29 is 17.9 Å². The summed E-state index contributed by atoms with van der Waals surface area (Å²) in [4.78, 5) is 4.83. The van der Waals surface area contributed by atoms with E-state index in [1.54, 1.807) is 49.0 Å². The quantitative estimate of drug-likeness (QED) is 0.393. The molecule has 2 heterocycles. The molecule has 0 radical (unpaired) electrons. The first-order valence-corrected chi connectivity index (χ1v) is 12.4. The Morgan fingerprint density at radius 3 is 2.69 bits per heavy atom. The summed E-state index contributed by atoms with van der Waals surface area (Å²) in [5.41, 5.74) is 5.14. The smallest absolute Gasteiger partial charge is 0.243 e. The van der Waals surface area contributed by atoms with Gasteiger partial charge in [0, 0.05) is 35.7 Å². The molecule has 3 aromatic rings. The average Bonchev–Trinajstić information content (AvgIpc) is 3.52. The van der Waals surface area contributed by atoms with Crippen LogP contribution in [0.1, 0.15) is 18.4 Å². The standard InChI is InChI=1S/C22H24N4O4S2/c1-29-18-9-8-17(21(13-18)30-2)14-23-25-22-24-20(15-31-22)16-6-5-7-19(12-16)32(27,28)26-10-3-4-11-26/h5-9,12-15H,3-4,10-11H2,1-2H3,(H,24,25)/b23-14-. The van der Waals surface area contributed by atoms with Crippen molar-refractivity contribution in [3.63, 3.8) is 0 Å². The van der Waals surface area contributed by atoms with Crippen LogP contribution in [-0.2, 0) is 10.0 Å². The minimum absolute atomic E-state index is 0.295. The molecule has 1 fully saturated rings. The molecule has 0 spiro atoms. The first-order valence-electron chi connectivity index (χ1n) is 10.1. The summed E-state index contributed by atoms with van der Waals surface area (Å²) < 4.78 is 37.8. The fraction of sp³-hybridized carbons (Fsp3) is 0.273. The summed E-state index contributed by atoms with van der Waals surface area (Å²) in [5.74, 6) is 1.34. The number of ether oxygens (including phenoxy) is 2. The summed E-state index contributed by atoms with van der Waals surface area (Å²) in [6.07, 6.45) is 3.45. The third-order valence-electron chi connectivity index (χ3n) is 5.14. The van der Waals surface area contributed by atoms with E-state index in [4.69, 9.17) is 9.47 Å². The minimum atomic E-state index is -3.47. The van der Waals surface area contributed by atoms with Gasteiger partial charge in [0.05, 0.1) is 31.0 Å². The topological polar surface area (TPSA) is 93.1 Å². The van der Waals surface area contributed by atoms with E-state index >= 15 is 0 Å². The molecule has 0 aliphatic carbocycles. The number of hydrazone groups is 1. The van der Waals surface area contributed by atoms with Gasteiger partial charge >= 0.3 is 0 Å². The molecule has 8 nitrogen and oxygen atoms in total. The number of rotatable bonds is 8. The molecule has 32 heavy (non-hydrogen) atoms. The number of hydrogen-bond donors (Lipinski definition) is 1. The van der Waals surface area contributed by atoms with E-state index in [-0.39, 0.29) is 0 Å². The zero-order valence-corrected chi connectivity index (χ0v) is 19.4. The van der Waals surface area contributed by atoms with Gasteiger partial charge in [-0.25, -0.2) is 13.4 Å². The number of nitrogens with zero attached hydrogens (tertiary/aromatic N) is 3. The summed E-state index contributed by atoms with van der Waals surface area (Å²) in [6.45, 7) is 1.16. The van der Waals surface area contributed by atoms with E-state index in [9.17, 15) is 8.42 Å². The normalized spacial score (nSPS) is 14.7. The third kappa shape index (κ3) is 4.77. The van der Waals surface area contributed by atoms with Crippen LogP contribution in [0.3, 0.4) is 0 Å². The average molecular weight is 473 g/mol. The predicted octanol–water partition coefficient (Wildman–Crippen LogP) is 4.06. The highest BCUT2D eigenvalue weighted by atomic mass is 32.2. The number of thiazole rings is 1. The second-order valence-corrected chi connectivity index (χ2v) is 9.95. The van der Waals surface area contributed by atoms with Crippen LogP contribution in [0.5, 0.6) is 11.5 Å². The molecule has 4 rings (SSSR count). The number of aromatic nitrogens is 1. The van der Waals surface area contributed by atoms with Crippen LogP contribution < -0.4 is 14.9 Å². The van der Waals surface area contributed by atoms with E-state index in [1.807, 2.05) is 23.6 Å². The summed E-state index contributed by atoms with van der Waals surface area (Å²) in [7, 11) is -0.283. The predicted molar refractivity (Wildman–Crippen MR) is 126 cm³/mol. The molecule has 1 N–H and O–H groups in total. The van der Waals surface area contributed by atoms with Crippen LogP contribution in [0.2, 0.25) is 0 Å². The Labute approximate surface area is 191 Å². The highest BCUT2D eigenvalue weighted by Crippen LogP contribution is 2.29. The SMILES string of the molecule is COc1ccc(/C=N\Nc2nc(-c3cccc(S(=O)(=O)N4CCCC4)c3)cs2)c(OC)c1. The molecule has 0 bridgehead atoms. The van der Waals surface area contributed by atoms with E-state index in [2.05, 4.69) is 15.5 Å². The lowest BCUT2D eigenvalue weighted by Gasteiger charge is -2.15. The fourth-order valence-corrected chi connectivity index (χ4v) is 5.67. The van der Waals surface area contributed by atoms with Crippen molar-refractivity contribution in [2.24, 2.45) is 5.10 Å². The lowest BCUT2D eigenvalue weighted by Crippen LogP contribution is -2.27. The second-order valence-electron chi connectivity index (χ2n) is 7.15. The summed E-state index contributed by atoms with van der Waals surface area (Å²) in [5, 5.41) is 6.70. The van der Waals surface area contributed by atoms with Gasteiger partial charge in [0.15, 0.2) is 0 Å². The Balaban J connectivity index is 1.48. The first kappa shape index (κ1) is 22.3. The molecule has 1 aliphatic rings. The maximum Gasteiger partial charge on any atom is 0.243 e. The van der Waals surface area contributed by atoms with Gasteiger partial charge in [0.25, 0.3) is 0 Å². The van der Waals surface area contributed by atoms with E-state index in [1.165, 1.54) is 11.3 Å². The Morgan fingerprint density at radius 1 is 1.12 bits per heavy atom. The number of sulfonamides is 1. The van der Waals surface area contributed by atoms with Gasteiger partial charge < -0.3 is 9.47 Å². The van der Waals surface area contributed by atoms with Crippen molar-refractivity contribution in [2.45, 2.75) is 17.7 Å². The van der Waals surface area contributed by atoms with E-state index < -0.39 is 10.0 Å². The molecule has 0 atom stereocenters. The molecule has 0 saturated carbocycles. The zero-order chi connectivity index (χ0) is 22.6. The lowest BCUT2D eigenvalue weighted by molar-refractivity contribution is 0.394. The number of hydrogen-bond acceptors (Lipinski definition) is 8. The molecule has 10 heteroatoms. The van der Waals surface area contributed by atoms with Gasteiger partial charge in [0.1, 0.15) is 11.5 Å². The monoisotopic (exact) mass is 472 g/mol. The van der Waals surface area contributed by atoms with E-state index in [0.29, 0.717) is 40.3 Å². The Morgan fingerprint density at radius 2 is 1.94 bits per heavy atom. The van der Waals surface area contributed by atoms with Crippen molar-refractivity contribution >= 4 is 32.7 Å². The summed E-state index contributed by atoms with van der Waals surface area (Å²) in [6, 6.07) is 12.4. The van der Waals surface area contributed by atoms with Gasteiger partial charge in [-0.15, -0.1) is 11.3 Å². The van der Waals surface area contributed by atoms with Gasteiger partial charge in [-0.05, 0) is 37.1 Å². The van der Waals surface area contributed by atoms with Crippen molar-refractivity contribution in [3.05, 3.63) is 53.4 Å². The molecule has 1 saturated heterocycles. The molecular formula is C22H24N4O4S2. The Kier molecular flexibility index (Phi) is 6.73. The number of benzene rings is 2. The van der Waals surface area contributed by atoms with Crippen molar-refractivity contribution in [1.82, 2.24) is 9.29 Å². The first-order chi connectivity index (χ1) is 15.5. The number of methoxy groups -OCH3 is 2. The van der Waals surface area contributed by atoms with Gasteiger partial charge in [-0.2, -0.15) is 9.41 Å². The van der Waals surface area contributed by atoms with Gasteiger partial charge in [0.2, 0.25) is 15.2 Å². The van der Waals surface area contributed by atoms with Gasteiger partial charge in [-0.1, -0.05) is 12.1 Å². The summed E-state index contributed by atoms with van der Waals surface area (Å²) >= 11 is 1.39. The van der Waals surface area contributed by atoms with Crippen LogP contribution in [0.25, 0.3) is 11.3 Å². The third-order valence-corrected chi connectivity index (χ3v) is 7.78. The van der Waals surface area contributed by atoms with Crippen molar-refractivity contribution in [3.8, 4) is 22.8 Å². The molecule has 0 unspecified atom stereocenters. The number of anilines is 1. The molecular weight excluding hydrogens is 448 g/mol. The maximum atomic E-state index is 12.9. The molecule has 0 amide bonds. The van der Waals surface area contributed by atoms with Crippen molar-refractivity contribution in [1.29, 1.82) is 0 Å². The number of nitrogens with one attached hydrogen (secondary N) is 1. The van der Waals surface area contributed by atoms with Crippen LogP contribution in [0.4, 0.5) is 5.13 Å². The fourth-order valence-electron chi connectivity index (χ4n) is 3.43. The molecule has 168 valence electrons. The Hall–Kier alpha value is -2.95. The van der Waals surface area contributed by atoms with Crippen LogP contribution >= 0.6 is 11.3 Å². The van der Waals surface area contributed by atoms with Crippen LogP contribution in [0.15, 0.2) is 57.8 Å². The maximum absolute atomic E-state index is 12.9. The van der Waals surface area contributed by atoms with Crippen LogP contribution in [-0.4, -0.2) is 51.2 Å². The van der Waals surface area contributed by atoms with Crippen molar-refractivity contribution in [2.75, 3.05) is 32.7 Å². The molecule has 1 aliphatic heterocycles. The minimum Gasteiger partial charge on any atom is -0.497 e. The highest BCUT2D eigenvalue weighted by molar-refractivity contribution is 7.89. The molecule has 2 aromatic carbocycles. The zero-order valence-electron chi connectivity index (χ0n) is 17.8. The second kappa shape index (κ2) is 9.68.